The summed E-state index contributed by atoms with van der Waals surface area (Å²) in [7, 11) is 0. The molecule has 0 saturated heterocycles. The molecule has 19 heavy (non-hydrogen) atoms. The van der Waals surface area contributed by atoms with Gasteiger partial charge in [0.25, 0.3) is 5.56 Å². The summed E-state index contributed by atoms with van der Waals surface area (Å²) in [5.41, 5.74) is 0.788. The number of hydrogen-bond acceptors (Lipinski definition) is 4. The Hall–Kier alpha value is -1.20. The summed E-state index contributed by atoms with van der Waals surface area (Å²) in [5.74, 6) is 0.697. The molecule has 0 aliphatic carbocycles. The smallest absolute Gasteiger partial charge is 0.255 e. The van der Waals surface area contributed by atoms with E-state index in [1.54, 1.807) is 15.9 Å². The molecule has 0 N–H and O–H groups in total. The highest BCUT2D eigenvalue weighted by molar-refractivity contribution is 7.09. The van der Waals surface area contributed by atoms with E-state index >= 15 is 0 Å². The Morgan fingerprint density at radius 3 is 2.84 bits per heavy atom. The number of thiazole rings is 1. The topological polar surface area (TPSA) is 47.8 Å². The van der Waals surface area contributed by atoms with Gasteiger partial charge < -0.3 is 0 Å². The van der Waals surface area contributed by atoms with Gasteiger partial charge in [-0.1, -0.05) is 25.4 Å². The van der Waals surface area contributed by atoms with Crippen LogP contribution in [0.5, 0.6) is 0 Å². The van der Waals surface area contributed by atoms with E-state index in [1.807, 2.05) is 12.3 Å². The summed E-state index contributed by atoms with van der Waals surface area (Å²) in [6.45, 7) is 4.55. The van der Waals surface area contributed by atoms with Gasteiger partial charge in [-0.2, -0.15) is 0 Å². The average Bonchev–Trinajstić information content (AvgIpc) is 2.80. The lowest BCUT2D eigenvalue weighted by atomic mass is 10.3. The SMILES string of the molecule is CCCc1nc(Cn2c(CC)nc(Cl)cc2=O)cs1. The minimum Gasteiger partial charge on any atom is -0.290 e. The highest BCUT2D eigenvalue weighted by Gasteiger charge is 2.09. The van der Waals surface area contributed by atoms with Crippen LogP contribution >= 0.6 is 22.9 Å². The van der Waals surface area contributed by atoms with E-state index in [0.29, 0.717) is 18.8 Å². The number of aryl methyl sites for hydroxylation is 2. The van der Waals surface area contributed by atoms with Gasteiger partial charge in [-0.25, -0.2) is 9.97 Å². The Morgan fingerprint density at radius 2 is 2.16 bits per heavy atom. The molecule has 2 aromatic heterocycles. The van der Waals surface area contributed by atoms with E-state index < -0.39 is 0 Å². The maximum absolute atomic E-state index is 12.0. The van der Waals surface area contributed by atoms with Gasteiger partial charge in [-0.15, -0.1) is 11.3 Å². The largest absolute Gasteiger partial charge is 0.290 e. The monoisotopic (exact) mass is 297 g/mol. The van der Waals surface area contributed by atoms with Crippen LogP contribution in [0.3, 0.4) is 0 Å². The first-order chi connectivity index (χ1) is 9.13. The molecule has 2 heterocycles. The molecule has 0 unspecified atom stereocenters. The highest BCUT2D eigenvalue weighted by Crippen LogP contribution is 2.13. The van der Waals surface area contributed by atoms with Crippen molar-refractivity contribution in [3.05, 3.63) is 43.5 Å². The second-order valence-electron chi connectivity index (χ2n) is 4.26. The molecular weight excluding hydrogens is 282 g/mol. The molecular formula is C13H16ClN3OS. The molecule has 2 aromatic rings. The fourth-order valence-electron chi connectivity index (χ4n) is 1.87. The zero-order valence-electron chi connectivity index (χ0n) is 11.0. The molecule has 0 saturated carbocycles. The predicted octanol–water partition coefficient (Wildman–Crippen LogP) is 2.92. The van der Waals surface area contributed by atoms with Gasteiger partial charge in [-0.3, -0.25) is 9.36 Å². The minimum atomic E-state index is -0.123. The van der Waals surface area contributed by atoms with E-state index in [4.69, 9.17) is 11.6 Å². The summed E-state index contributed by atoms with van der Waals surface area (Å²) in [6, 6.07) is 1.35. The molecule has 0 spiro atoms. The minimum absolute atomic E-state index is 0.123. The van der Waals surface area contributed by atoms with Crippen LogP contribution in [-0.4, -0.2) is 14.5 Å². The maximum Gasteiger partial charge on any atom is 0.255 e. The number of aromatic nitrogens is 3. The molecule has 0 amide bonds. The Balaban J connectivity index is 2.29. The molecule has 0 bridgehead atoms. The number of rotatable bonds is 5. The molecule has 0 aromatic carbocycles. The van der Waals surface area contributed by atoms with E-state index in [2.05, 4.69) is 16.9 Å². The lowest BCUT2D eigenvalue weighted by molar-refractivity contribution is 0.663. The van der Waals surface area contributed by atoms with E-state index in [-0.39, 0.29) is 10.7 Å². The van der Waals surface area contributed by atoms with Crippen molar-refractivity contribution in [3.63, 3.8) is 0 Å². The van der Waals surface area contributed by atoms with Crippen LogP contribution in [0.15, 0.2) is 16.2 Å². The molecule has 4 nitrogen and oxygen atoms in total. The van der Waals surface area contributed by atoms with Crippen LogP contribution in [0, 0.1) is 0 Å². The molecule has 102 valence electrons. The second-order valence-corrected chi connectivity index (χ2v) is 5.59. The highest BCUT2D eigenvalue weighted by atomic mass is 35.5. The fraction of sp³-hybridized carbons (Fsp3) is 0.462. The third-order valence-corrected chi connectivity index (χ3v) is 3.91. The van der Waals surface area contributed by atoms with Crippen molar-refractivity contribution in [2.45, 2.75) is 39.7 Å². The molecule has 0 radical (unpaired) electrons. The van der Waals surface area contributed by atoms with Gasteiger partial charge in [0.1, 0.15) is 11.0 Å². The molecule has 0 fully saturated rings. The van der Waals surface area contributed by atoms with E-state index in [9.17, 15) is 4.79 Å². The van der Waals surface area contributed by atoms with Crippen molar-refractivity contribution in [1.29, 1.82) is 0 Å². The number of nitrogens with zero attached hydrogens (tertiary/aromatic N) is 3. The summed E-state index contributed by atoms with van der Waals surface area (Å²) in [6.07, 6.45) is 2.73. The normalized spacial score (nSPS) is 10.9. The summed E-state index contributed by atoms with van der Waals surface area (Å²) in [4.78, 5) is 20.7. The van der Waals surface area contributed by atoms with E-state index in [0.717, 1.165) is 23.5 Å². The Kier molecular flexibility index (Phi) is 4.71. The van der Waals surface area contributed by atoms with Crippen molar-refractivity contribution < 1.29 is 0 Å². The molecule has 0 aliphatic rings. The van der Waals surface area contributed by atoms with Crippen LogP contribution in [-0.2, 0) is 19.4 Å². The van der Waals surface area contributed by atoms with Crippen molar-refractivity contribution in [2.75, 3.05) is 0 Å². The van der Waals surface area contributed by atoms with Crippen molar-refractivity contribution >= 4 is 22.9 Å². The summed E-state index contributed by atoms with van der Waals surface area (Å²) < 4.78 is 1.64. The summed E-state index contributed by atoms with van der Waals surface area (Å²) in [5, 5.41) is 3.37. The fourth-order valence-corrected chi connectivity index (χ4v) is 2.96. The first kappa shape index (κ1) is 14.2. The second kappa shape index (κ2) is 6.30. The Labute approximate surface area is 121 Å². The summed E-state index contributed by atoms with van der Waals surface area (Å²) >= 11 is 7.45. The molecule has 0 aliphatic heterocycles. The van der Waals surface area contributed by atoms with E-state index in [1.165, 1.54) is 6.07 Å². The third kappa shape index (κ3) is 3.42. The van der Waals surface area contributed by atoms with Crippen molar-refractivity contribution in [1.82, 2.24) is 14.5 Å². The van der Waals surface area contributed by atoms with Gasteiger partial charge in [0, 0.05) is 17.9 Å². The number of hydrogen-bond donors (Lipinski definition) is 0. The number of halogens is 1. The van der Waals surface area contributed by atoms with Crippen LogP contribution in [0.1, 0.15) is 36.8 Å². The first-order valence-electron chi connectivity index (χ1n) is 6.33. The predicted molar refractivity (Wildman–Crippen MR) is 78.1 cm³/mol. The maximum atomic E-state index is 12.0. The molecule has 2 rings (SSSR count). The van der Waals surface area contributed by atoms with Gasteiger partial charge in [0.15, 0.2) is 0 Å². The average molecular weight is 298 g/mol. The van der Waals surface area contributed by atoms with Crippen LogP contribution < -0.4 is 5.56 Å². The van der Waals surface area contributed by atoms with Crippen LogP contribution in [0.25, 0.3) is 0 Å². The lowest BCUT2D eigenvalue weighted by Gasteiger charge is -2.09. The molecule has 0 atom stereocenters. The Bertz CT molecular complexity index is 621. The standard InChI is InChI=1S/C13H16ClN3OS/c1-3-5-12-15-9(8-19-12)7-17-11(4-2)16-10(14)6-13(17)18/h6,8H,3-5,7H2,1-2H3. The Morgan fingerprint density at radius 1 is 1.37 bits per heavy atom. The van der Waals surface area contributed by atoms with Gasteiger partial charge in [-0.05, 0) is 12.8 Å². The lowest BCUT2D eigenvalue weighted by Crippen LogP contribution is -2.24. The van der Waals surface area contributed by atoms with Crippen LogP contribution in [0.4, 0.5) is 0 Å². The zero-order valence-corrected chi connectivity index (χ0v) is 12.6. The van der Waals surface area contributed by atoms with Crippen LogP contribution in [0.2, 0.25) is 5.15 Å². The first-order valence-corrected chi connectivity index (χ1v) is 7.59. The van der Waals surface area contributed by atoms with Gasteiger partial charge in [0.05, 0.1) is 17.2 Å². The van der Waals surface area contributed by atoms with Gasteiger partial charge >= 0.3 is 0 Å². The third-order valence-electron chi connectivity index (χ3n) is 2.76. The zero-order chi connectivity index (χ0) is 13.8. The molecule has 6 heteroatoms. The quantitative estimate of drug-likeness (QED) is 0.797. The van der Waals surface area contributed by atoms with Crippen molar-refractivity contribution in [3.8, 4) is 0 Å². The van der Waals surface area contributed by atoms with Crippen molar-refractivity contribution in [2.24, 2.45) is 0 Å². The van der Waals surface area contributed by atoms with Gasteiger partial charge in [0.2, 0.25) is 0 Å².